The van der Waals surface area contributed by atoms with Crippen LogP contribution in [0.2, 0.25) is 0 Å². The van der Waals surface area contributed by atoms with E-state index >= 15 is 0 Å². The summed E-state index contributed by atoms with van der Waals surface area (Å²) in [5, 5.41) is 2.80. The molecule has 2 aromatic carbocycles. The van der Waals surface area contributed by atoms with Crippen LogP contribution in [0.15, 0.2) is 53.4 Å². The molecule has 2 N–H and O–H groups in total. The van der Waals surface area contributed by atoms with Gasteiger partial charge >= 0.3 is 0 Å². The smallest absolute Gasteiger partial charge is 0.240 e. The van der Waals surface area contributed by atoms with Gasteiger partial charge in [0.25, 0.3) is 0 Å². The second-order valence-corrected chi connectivity index (χ2v) is 9.86. The van der Waals surface area contributed by atoms with E-state index in [0.717, 1.165) is 37.0 Å². The van der Waals surface area contributed by atoms with Crippen LogP contribution in [0.4, 0.5) is 5.69 Å². The number of carbonyl (C=O) groups excluding carboxylic acids is 1. The van der Waals surface area contributed by atoms with Crippen molar-refractivity contribution < 1.29 is 17.9 Å². The van der Waals surface area contributed by atoms with Crippen molar-refractivity contribution in [1.82, 2.24) is 4.72 Å². The molecule has 0 atom stereocenters. The Balaban J connectivity index is 1.31. The summed E-state index contributed by atoms with van der Waals surface area (Å²) in [7, 11) is -3.54. The van der Waals surface area contributed by atoms with Crippen molar-refractivity contribution in [2.45, 2.75) is 68.4 Å². The van der Waals surface area contributed by atoms with Crippen LogP contribution in [-0.4, -0.2) is 26.5 Å². The van der Waals surface area contributed by atoms with E-state index < -0.39 is 10.0 Å². The predicted octanol–water partition coefficient (Wildman–Crippen LogP) is 4.02. The molecule has 0 saturated heterocycles. The molecule has 30 heavy (non-hydrogen) atoms. The van der Waals surface area contributed by atoms with Gasteiger partial charge in [0.1, 0.15) is 5.75 Å². The van der Waals surface area contributed by atoms with E-state index in [1.165, 1.54) is 25.0 Å². The van der Waals surface area contributed by atoms with E-state index in [4.69, 9.17) is 4.74 Å². The molecule has 0 aliphatic heterocycles. The minimum absolute atomic E-state index is 0.0432. The Morgan fingerprint density at radius 3 is 2.53 bits per heavy atom. The third-order valence-electron chi connectivity index (χ3n) is 5.47. The van der Waals surface area contributed by atoms with Gasteiger partial charge in [-0.15, -0.1) is 0 Å². The molecule has 0 bridgehead atoms. The minimum Gasteiger partial charge on any atom is -0.490 e. The van der Waals surface area contributed by atoms with E-state index in [2.05, 4.69) is 10.0 Å². The van der Waals surface area contributed by atoms with Gasteiger partial charge in [-0.2, -0.15) is 0 Å². The Kier molecular flexibility index (Phi) is 6.39. The lowest BCUT2D eigenvalue weighted by atomic mass is 10.1. The molecule has 0 radical (unpaired) electrons. The average molecular weight is 429 g/mol. The van der Waals surface area contributed by atoms with Crippen LogP contribution >= 0.6 is 0 Å². The first-order valence-electron chi connectivity index (χ1n) is 10.7. The highest BCUT2D eigenvalue weighted by Gasteiger charge is 2.28. The fourth-order valence-corrected chi connectivity index (χ4v) is 5.03. The van der Waals surface area contributed by atoms with Crippen molar-refractivity contribution in [3.05, 3.63) is 54.1 Å². The number of nitrogens with one attached hydrogen (secondary N) is 2. The van der Waals surface area contributed by atoms with E-state index in [-0.39, 0.29) is 16.8 Å². The maximum Gasteiger partial charge on any atom is 0.240 e. The lowest BCUT2D eigenvalue weighted by Crippen LogP contribution is -2.25. The summed E-state index contributed by atoms with van der Waals surface area (Å²) in [4.78, 5) is 12.6. The number of hydrogen-bond donors (Lipinski definition) is 2. The molecule has 6 nitrogen and oxygen atoms in total. The molecule has 2 fully saturated rings. The highest BCUT2D eigenvalue weighted by molar-refractivity contribution is 7.89. The van der Waals surface area contributed by atoms with Gasteiger partial charge < -0.3 is 10.1 Å². The van der Waals surface area contributed by atoms with Crippen molar-refractivity contribution in [3.8, 4) is 5.75 Å². The zero-order valence-corrected chi connectivity index (χ0v) is 17.8. The van der Waals surface area contributed by atoms with Gasteiger partial charge in [-0.25, -0.2) is 13.1 Å². The van der Waals surface area contributed by atoms with E-state index in [0.29, 0.717) is 24.6 Å². The molecule has 1 amide bonds. The first-order valence-corrected chi connectivity index (χ1v) is 12.1. The maximum atomic E-state index is 12.4. The van der Waals surface area contributed by atoms with Crippen LogP contribution in [0.5, 0.6) is 5.75 Å². The molecule has 160 valence electrons. The lowest BCUT2D eigenvalue weighted by molar-refractivity contribution is -0.116. The van der Waals surface area contributed by atoms with Gasteiger partial charge in [0, 0.05) is 18.2 Å². The minimum atomic E-state index is -3.54. The predicted molar refractivity (Wildman–Crippen MR) is 116 cm³/mol. The Hall–Kier alpha value is -2.38. The number of hydrogen-bond acceptors (Lipinski definition) is 4. The second-order valence-electron chi connectivity index (χ2n) is 8.14. The lowest BCUT2D eigenvalue weighted by Gasteiger charge is -2.14. The van der Waals surface area contributed by atoms with Gasteiger partial charge in [-0.3, -0.25) is 4.79 Å². The largest absolute Gasteiger partial charge is 0.490 e. The van der Waals surface area contributed by atoms with Crippen LogP contribution in [0.3, 0.4) is 0 Å². The number of amides is 1. The van der Waals surface area contributed by atoms with Crippen LogP contribution in [0.1, 0.15) is 50.5 Å². The Morgan fingerprint density at radius 1 is 1.00 bits per heavy atom. The van der Waals surface area contributed by atoms with Gasteiger partial charge in [-0.05, 0) is 80.8 Å². The fraction of sp³-hybridized carbons (Fsp3) is 0.435. The van der Waals surface area contributed by atoms with Crippen molar-refractivity contribution in [3.63, 3.8) is 0 Å². The third kappa shape index (κ3) is 5.83. The summed E-state index contributed by atoms with van der Waals surface area (Å²) < 4.78 is 33.4. The van der Waals surface area contributed by atoms with Crippen LogP contribution < -0.4 is 14.8 Å². The van der Waals surface area contributed by atoms with Gasteiger partial charge in [-0.1, -0.05) is 18.2 Å². The number of carbonyl (C=O) groups is 1. The summed E-state index contributed by atoms with van der Waals surface area (Å²) in [6.07, 6.45) is 7.63. The standard InChI is InChI=1S/C23H28N2O4S/c26-23(14-11-17-5-3-9-21(15-17)29-20-7-1-2-8-20)24-19-6-4-10-22(16-19)30(27,28)25-18-12-13-18/h3-6,9-10,15-16,18,20,25H,1-2,7-8,11-14H2,(H,24,26). The maximum absolute atomic E-state index is 12.4. The monoisotopic (exact) mass is 428 g/mol. The van der Waals surface area contributed by atoms with Crippen molar-refractivity contribution in [1.29, 1.82) is 0 Å². The Morgan fingerprint density at radius 2 is 1.77 bits per heavy atom. The molecule has 2 aliphatic carbocycles. The molecular formula is C23H28N2O4S. The number of benzene rings is 2. The molecule has 0 spiro atoms. The van der Waals surface area contributed by atoms with Crippen molar-refractivity contribution in [2.75, 3.05) is 5.32 Å². The fourth-order valence-electron chi connectivity index (χ4n) is 3.68. The topological polar surface area (TPSA) is 84.5 Å². The normalized spacial score (nSPS) is 17.1. The Labute approximate surface area is 178 Å². The van der Waals surface area contributed by atoms with Gasteiger partial charge in [0.05, 0.1) is 11.0 Å². The zero-order chi connectivity index (χ0) is 21.0. The molecule has 2 saturated carbocycles. The summed E-state index contributed by atoms with van der Waals surface area (Å²) in [5.74, 6) is 0.711. The molecule has 4 rings (SSSR count). The van der Waals surface area contributed by atoms with Crippen LogP contribution in [-0.2, 0) is 21.2 Å². The number of sulfonamides is 1. The van der Waals surface area contributed by atoms with E-state index in [1.54, 1.807) is 12.1 Å². The highest BCUT2D eigenvalue weighted by atomic mass is 32.2. The molecule has 0 aromatic heterocycles. The molecule has 7 heteroatoms. The van der Waals surface area contributed by atoms with Gasteiger partial charge in [0.2, 0.25) is 15.9 Å². The quantitative estimate of drug-likeness (QED) is 0.632. The summed E-state index contributed by atoms with van der Waals surface area (Å²) in [5.41, 5.74) is 1.53. The first kappa shape index (κ1) is 20.9. The van der Waals surface area contributed by atoms with Crippen LogP contribution in [0, 0.1) is 0 Å². The van der Waals surface area contributed by atoms with E-state index in [1.807, 2.05) is 24.3 Å². The summed E-state index contributed by atoms with van der Waals surface area (Å²) >= 11 is 0. The third-order valence-corrected chi connectivity index (χ3v) is 6.99. The number of rotatable bonds is 9. The van der Waals surface area contributed by atoms with Gasteiger partial charge in [0.15, 0.2) is 0 Å². The molecule has 2 aromatic rings. The van der Waals surface area contributed by atoms with Crippen LogP contribution in [0.25, 0.3) is 0 Å². The van der Waals surface area contributed by atoms with Crippen molar-refractivity contribution in [2.24, 2.45) is 0 Å². The van der Waals surface area contributed by atoms with E-state index in [9.17, 15) is 13.2 Å². The highest BCUT2D eigenvalue weighted by Crippen LogP contribution is 2.25. The van der Waals surface area contributed by atoms with Crippen molar-refractivity contribution >= 4 is 21.6 Å². The summed E-state index contributed by atoms with van der Waals surface area (Å²) in [6, 6.07) is 14.3. The second kappa shape index (κ2) is 9.18. The number of ether oxygens (including phenoxy) is 1. The molecule has 0 heterocycles. The SMILES string of the molecule is O=C(CCc1cccc(OC2CCCC2)c1)Nc1cccc(S(=O)(=O)NC2CC2)c1. The molecule has 0 unspecified atom stereocenters. The first-order chi connectivity index (χ1) is 14.5. The Bertz CT molecular complexity index is 996. The molecular weight excluding hydrogens is 400 g/mol. The number of anilines is 1. The number of aryl methyl sites for hydroxylation is 1. The zero-order valence-electron chi connectivity index (χ0n) is 17.0. The summed E-state index contributed by atoms with van der Waals surface area (Å²) in [6.45, 7) is 0. The molecule has 2 aliphatic rings. The average Bonchev–Trinajstić information content (AvgIpc) is 3.38.